The zero-order valence-electron chi connectivity index (χ0n) is 19.1. The van der Waals surface area contributed by atoms with Crippen molar-refractivity contribution < 1.29 is 9.59 Å². The number of amides is 2. The molecule has 5 nitrogen and oxygen atoms in total. The molecule has 0 aliphatic carbocycles. The lowest BCUT2D eigenvalue weighted by atomic mass is 10.1. The SMILES string of the molecule is Cc1cccc(C)c1-n1c(C)cc(/C=C2\C(=O)NC(=S)N(c3cccc(Cl)c3C)C2=O)c1C. The smallest absolute Gasteiger partial charge is 0.270 e. The third kappa shape index (κ3) is 3.90. The van der Waals surface area contributed by atoms with Crippen LogP contribution in [0.2, 0.25) is 5.02 Å². The first-order valence-corrected chi connectivity index (χ1v) is 11.3. The number of nitrogens with zero attached hydrogens (tertiary/aromatic N) is 2. The number of nitrogens with one attached hydrogen (secondary N) is 1. The first-order chi connectivity index (χ1) is 15.6. The van der Waals surface area contributed by atoms with E-state index in [4.69, 9.17) is 23.8 Å². The Morgan fingerprint density at radius 3 is 2.27 bits per heavy atom. The van der Waals surface area contributed by atoms with E-state index in [1.807, 2.05) is 32.9 Å². The number of halogens is 1. The van der Waals surface area contributed by atoms with Crippen LogP contribution in [-0.4, -0.2) is 21.5 Å². The van der Waals surface area contributed by atoms with Crippen molar-refractivity contribution in [2.45, 2.75) is 34.6 Å². The maximum Gasteiger partial charge on any atom is 0.270 e. The number of hydrogen-bond acceptors (Lipinski definition) is 3. The summed E-state index contributed by atoms with van der Waals surface area (Å²) in [5.74, 6) is -0.996. The minimum absolute atomic E-state index is 0.0183. The Balaban J connectivity index is 1.82. The first-order valence-electron chi connectivity index (χ1n) is 10.5. The monoisotopic (exact) mass is 477 g/mol. The molecule has 3 aromatic rings. The van der Waals surface area contributed by atoms with Gasteiger partial charge < -0.3 is 4.57 Å². The van der Waals surface area contributed by atoms with Crippen LogP contribution in [0, 0.1) is 34.6 Å². The average Bonchev–Trinajstić information content (AvgIpc) is 3.01. The van der Waals surface area contributed by atoms with Gasteiger partial charge in [-0.05, 0) is 93.4 Å². The minimum atomic E-state index is -0.516. The number of carbonyl (C=O) groups is 2. The van der Waals surface area contributed by atoms with E-state index >= 15 is 0 Å². The van der Waals surface area contributed by atoms with Crippen molar-refractivity contribution in [3.63, 3.8) is 0 Å². The van der Waals surface area contributed by atoms with E-state index in [9.17, 15) is 9.59 Å². The van der Waals surface area contributed by atoms with E-state index in [0.29, 0.717) is 16.3 Å². The summed E-state index contributed by atoms with van der Waals surface area (Å²) in [7, 11) is 0. The lowest BCUT2D eigenvalue weighted by molar-refractivity contribution is -0.122. The van der Waals surface area contributed by atoms with E-state index in [1.165, 1.54) is 4.90 Å². The van der Waals surface area contributed by atoms with Crippen molar-refractivity contribution >= 4 is 52.5 Å². The van der Waals surface area contributed by atoms with Crippen molar-refractivity contribution in [3.8, 4) is 5.69 Å². The number of para-hydroxylation sites is 1. The lowest BCUT2D eigenvalue weighted by Gasteiger charge is -2.30. The molecule has 1 aliphatic heterocycles. The minimum Gasteiger partial charge on any atom is -0.317 e. The molecule has 2 aromatic carbocycles. The lowest BCUT2D eigenvalue weighted by Crippen LogP contribution is -2.54. The molecule has 7 heteroatoms. The second-order valence-corrected chi connectivity index (χ2v) is 9.04. The quantitative estimate of drug-likeness (QED) is 0.307. The number of anilines is 1. The van der Waals surface area contributed by atoms with Crippen molar-refractivity contribution in [2.24, 2.45) is 0 Å². The Hall–Kier alpha value is -3.22. The molecule has 0 atom stereocenters. The molecule has 0 spiro atoms. The Bertz CT molecular complexity index is 1350. The van der Waals surface area contributed by atoms with Gasteiger partial charge in [0.25, 0.3) is 11.8 Å². The maximum atomic E-state index is 13.5. The van der Waals surface area contributed by atoms with Gasteiger partial charge in [-0.3, -0.25) is 19.8 Å². The van der Waals surface area contributed by atoms with Crippen LogP contribution in [0.4, 0.5) is 5.69 Å². The van der Waals surface area contributed by atoms with Gasteiger partial charge in [0.15, 0.2) is 5.11 Å². The fourth-order valence-electron chi connectivity index (χ4n) is 4.31. The molecule has 2 heterocycles. The highest BCUT2D eigenvalue weighted by atomic mass is 35.5. The van der Waals surface area contributed by atoms with Gasteiger partial charge in [-0.1, -0.05) is 35.9 Å². The largest absolute Gasteiger partial charge is 0.317 e. The summed E-state index contributed by atoms with van der Waals surface area (Å²) in [6.07, 6.45) is 1.64. The highest BCUT2D eigenvalue weighted by Crippen LogP contribution is 2.31. The van der Waals surface area contributed by atoms with Crippen molar-refractivity contribution in [3.05, 3.63) is 86.7 Å². The molecule has 1 aromatic heterocycles. The molecule has 168 valence electrons. The van der Waals surface area contributed by atoms with Gasteiger partial charge in [-0.25, -0.2) is 0 Å². The van der Waals surface area contributed by atoms with Gasteiger partial charge in [0.2, 0.25) is 0 Å². The summed E-state index contributed by atoms with van der Waals surface area (Å²) in [6, 6.07) is 13.4. The molecule has 1 N–H and O–H groups in total. The van der Waals surface area contributed by atoms with Gasteiger partial charge in [0, 0.05) is 16.4 Å². The fourth-order valence-corrected chi connectivity index (χ4v) is 4.75. The summed E-state index contributed by atoms with van der Waals surface area (Å²) in [4.78, 5) is 27.6. The normalized spacial score (nSPS) is 15.4. The number of carbonyl (C=O) groups excluding carboxylic acids is 2. The summed E-state index contributed by atoms with van der Waals surface area (Å²) < 4.78 is 2.16. The number of aryl methyl sites for hydroxylation is 3. The third-order valence-corrected chi connectivity index (χ3v) is 6.71. The predicted octanol–water partition coefficient (Wildman–Crippen LogP) is 5.50. The van der Waals surface area contributed by atoms with Crippen LogP contribution < -0.4 is 10.2 Å². The molecule has 0 unspecified atom stereocenters. The summed E-state index contributed by atoms with van der Waals surface area (Å²) >= 11 is 11.6. The molecular formula is C26H24ClN3O2S. The molecule has 0 saturated carbocycles. The molecule has 1 fully saturated rings. The van der Waals surface area contributed by atoms with Gasteiger partial charge in [0.05, 0.1) is 11.4 Å². The maximum absolute atomic E-state index is 13.5. The standard InChI is InChI=1S/C26H24ClN3O2S/c1-14-8-6-9-15(2)23(14)29-16(3)12-19(18(29)5)13-20-24(31)28-26(33)30(25(20)32)22-11-7-10-21(27)17(22)4/h6-13H,1-5H3,(H,28,31,33)/b20-13+. The van der Waals surface area contributed by atoms with Gasteiger partial charge in [-0.2, -0.15) is 0 Å². The fraction of sp³-hybridized carbons (Fsp3) is 0.192. The summed E-state index contributed by atoms with van der Waals surface area (Å²) in [5, 5.41) is 3.20. The van der Waals surface area contributed by atoms with Crippen LogP contribution in [0.25, 0.3) is 11.8 Å². The number of hydrogen-bond donors (Lipinski definition) is 1. The van der Waals surface area contributed by atoms with Crippen LogP contribution in [0.15, 0.2) is 48.0 Å². The van der Waals surface area contributed by atoms with Crippen LogP contribution >= 0.6 is 23.8 Å². The molecule has 0 radical (unpaired) electrons. The number of benzene rings is 2. The average molecular weight is 478 g/mol. The zero-order chi connectivity index (χ0) is 24.0. The van der Waals surface area contributed by atoms with Crippen LogP contribution in [0.1, 0.15) is 33.6 Å². The van der Waals surface area contributed by atoms with Crippen LogP contribution in [0.3, 0.4) is 0 Å². The number of rotatable bonds is 3. The Kier molecular flexibility index (Phi) is 5.99. The van der Waals surface area contributed by atoms with Crippen LogP contribution in [-0.2, 0) is 9.59 Å². The van der Waals surface area contributed by atoms with Gasteiger partial charge >= 0.3 is 0 Å². The molecular weight excluding hydrogens is 454 g/mol. The third-order valence-electron chi connectivity index (χ3n) is 6.01. The molecule has 1 aliphatic rings. The first kappa shape index (κ1) is 23.0. The van der Waals surface area contributed by atoms with E-state index in [2.05, 4.69) is 35.9 Å². The molecule has 0 bridgehead atoms. The van der Waals surface area contributed by atoms with E-state index in [1.54, 1.807) is 24.3 Å². The Morgan fingerprint density at radius 2 is 1.61 bits per heavy atom. The highest BCUT2D eigenvalue weighted by Gasteiger charge is 2.35. The second-order valence-electron chi connectivity index (χ2n) is 8.24. The number of aromatic nitrogens is 1. The van der Waals surface area contributed by atoms with Crippen molar-refractivity contribution in [2.75, 3.05) is 4.90 Å². The van der Waals surface area contributed by atoms with Crippen LogP contribution in [0.5, 0.6) is 0 Å². The molecule has 33 heavy (non-hydrogen) atoms. The Morgan fingerprint density at radius 1 is 0.970 bits per heavy atom. The molecule has 1 saturated heterocycles. The molecule has 2 amide bonds. The molecule has 4 rings (SSSR count). The number of thiocarbonyl (C=S) groups is 1. The zero-order valence-corrected chi connectivity index (χ0v) is 20.7. The summed E-state index contributed by atoms with van der Waals surface area (Å²) in [6.45, 7) is 9.96. The predicted molar refractivity (Wildman–Crippen MR) is 137 cm³/mol. The van der Waals surface area contributed by atoms with E-state index < -0.39 is 11.8 Å². The highest BCUT2D eigenvalue weighted by molar-refractivity contribution is 7.80. The Labute approximate surface area is 203 Å². The summed E-state index contributed by atoms with van der Waals surface area (Å²) in [5.41, 5.74) is 7.42. The second kappa shape index (κ2) is 8.61. The van der Waals surface area contributed by atoms with Gasteiger partial charge in [0.1, 0.15) is 5.57 Å². The topological polar surface area (TPSA) is 54.3 Å². The van der Waals surface area contributed by atoms with Gasteiger partial charge in [-0.15, -0.1) is 0 Å². The van der Waals surface area contributed by atoms with E-state index in [-0.39, 0.29) is 10.7 Å². The van der Waals surface area contributed by atoms with E-state index in [0.717, 1.165) is 33.8 Å². The van der Waals surface area contributed by atoms with Crippen molar-refractivity contribution in [1.29, 1.82) is 0 Å². The van der Waals surface area contributed by atoms with Crippen molar-refractivity contribution in [1.82, 2.24) is 9.88 Å².